The quantitative estimate of drug-likeness (QED) is 0.781. The van der Waals surface area contributed by atoms with Gasteiger partial charge in [0.05, 0.1) is 12.1 Å². The van der Waals surface area contributed by atoms with Crippen molar-refractivity contribution in [3.8, 4) is 0 Å². The largest absolute Gasteiger partial charge is 0.417 e. The molecular weight excluding hydrogens is 329 g/mol. The highest BCUT2D eigenvalue weighted by Crippen LogP contribution is 2.29. The number of nitrogens with one attached hydrogen (secondary N) is 3. The third-order valence-corrected chi connectivity index (χ3v) is 3.57. The summed E-state index contributed by atoms with van der Waals surface area (Å²) >= 11 is 0. The van der Waals surface area contributed by atoms with Crippen LogP contribution in [0.4, 0.5) is 23.7 Å². The zero-order valence-corrected chi connectivity index (χ0v) is 12.3. The summed E-state index contributed by atoms with van der Waals surface area (Å²) in [6.07, 6.45) is -2.31. The average Bonchev–Trinajstić information content (AvgIpc) is 3.10. The number of nitrogens with zero attached hydrogens (tertiary/aromatic N) is 3. The van der Waals surface area contributed by atoms with Crippen LogP contribution in [0.1, 0.15) is 23.6 Å². The highest BCUT2D eigenvalue weighted by atomic mass is 19.4. The molecule has 24 heavy (non-hydrogen) atoms. The summed E-state index contributed by atoms with van der Waals surface area (Å²) in [4.78, 5) is 25.3. The second kappa shape index (κ2) is 5.98. The number of aryl methyl sites for hydroxylation is 1. The number of aromatic nitrogens is 4. The molecule has 0 bridgehead atoms. The number of urea groups is 1. The highest BCUT2D eigenvalue weighted by molar-refractivity contribution is 5.88. The molecule has 0 fully saturated rings. The van der Waals surface area contributed by atoms with Crippen molar-refractivity contribution >= 4 is 11.7 Å². The van der Waals surface area contributed by atoms with Crippen LogP contribution in [0.15, 0.2) is 17.1 Å². The van der Waals surface area contributed by atoms with Gasteiger partial charge in [-0.3, -0.25) is 4.79 Å². The van der Waals surface area contributed by atoms with E-state index in [0.717, 1.165) is 25.2 Å². The second-order valence-corrected chi connectivity index (χ2v) is 5.22. The summed E-state index contributed by atoms with van der Waals surface area (Å²) in [6.45, 7) is 0.809. The lowest BCUT2D eigenvalue weighted by Gasteiger charge is -2.10. The molecule has 11 heteroatoms. The van der Waals surface area contributed by atoms with E-state index < -0.39 is 29.0 Å². The Hall–Kier alpha value is -2.85. The van der Waals surface area contributed by atoms with Crippen molar-refractivity contribution in [2.24, 2.45) is 0 Å². The standard InChI is InChI=1S/C13H13F3N6O2/c14-13(15,16)7-4-8(11(23)17-5-7)19-12(24)18-6-10-21-20-9-2-1-3-22(9)10/h4-5H,1-3,6H2,(H,17,23)(H2,18,19,24). The molecule has 0 radical (unpaired) electrons. The van der Waals surface area contributed by atoms with Gasteiger partial charge in [-0.15, -0.1) is 10.2 Å². The second-order valence-electron chi connectivity index (χ2n) is 5.22. The number of anilines is 1. The van der Waals surface area contributed by atoms with Gasteiger partial charge in [-0.2, -0.15) is 13.2 Å². The van der Waals surface area contributed by atoms with Gasteiger partial charge in [0, 0.05) is 19.2 Å². The predicted molar refractivity (Wildman–Crippen MR) is 76.3 cm³/mol. The summed E-state index contributed by atoms with van der Waals surface area (Å²) in [5, 5.41) is 12.5. The normalized spacial score (nSPS) is 13.6. The molecule has 0 saturated heterocycles. The first-order valence-corrected chi connectivity index (χ1v) is 7.10. The molecule has 0 spiro atoms. The summed E-state index contributed by atoms with van der Waals surface area (Å²) in [7, 11) is 0. The Morgan fingerprint density at radius 2 is 2.17 bits per heavy atom. The summed E-state index contributed by atoms with van der Waals surface area (Å²) < 4.78 is 39.8. The molecule has 0 aromatic carbocycles. The number of aromatic amines is 1. The van der Waals surface area contributed by atoms with Crippen LogP contribution in [-0.2, 0) is 25.7 Å². The van der Waals surface area contributed by atoms with E-state index in [0.29, 0.717) is 18.1 Å². The number of halogens is 3. The molecule has 3 heterocycles. The van der Waals surface area contributed by atoms with Crippen molar-refractivity contribution in [2.75, 3.05) is 5.32 Å². The fraction of sp³-hybridized carbons (Fsp3) is 0.385. The minimum Gasteiger partial charge on any atom is -0.331 e. The van der Waals surface area contributed by atoms with E-state index in [4.69, 9.17) is 0 Å². The topological polar surface area (TPSA) is 105 Å². The lowest BCUT2D eigenvalue weighted by atomic mass is 10.2. The van der Waals surface area contributed by atoms with E-state index in [2.05, 4.69) is 20.8 Å². The van der Waals surface area contributed by atoms with Gasteiger partial charge >= 0.3 is 12.2 Å². The number of rotatable bonds is 3. The Morgan fingerprint density at radius 3 is 2.92 bits per heavy atom. The molecule has 0 unspecified atom stereocenters. The summed E-state index contributed by atoms with van der Waals surface area (Å²) in [5.74, 6) is 1.39. The van der Waals surface area contributed by atoms with Crippen molar-refractivity contribution in [2.45, 2.75) is 32.1 Å². The van der Waals surface area contributed by atoms with E-state index in [-0.39, 0.29) is 6.54 Å². The smallest absolute Gasteiger partial charge is 0.331 e. The van der Waals surface area contributed by atoms with Crippen molar-refractivity contribution in [3.63, 3.8) is 0 Å². The third-order valence-electron chi connectivity index (χ3n) is 3.57. The maximum Gasteiger partial charge on any atom is 0.417 e. The Kier molecular flexibility index (Phi) is 3.99. The van der Waals surface area contributed by atoms with Gasteiger partial charge in [-0.25, -0.2) is 4.79 Å². The molecule has 0 aliphatic carbocycles. The zero-order chi connectivity index (χ0) is 17.3. The van der Waals surface area contributed by atoms with Gasteiger partial charge in [-0.05, 0) is 12.5 Å². The molecule has 2 amide bonds. The molecule has 3 rings (SSSR count). The number of hydrogen-bond donors (Lipinski definition) is 3. The average molecular weight is 342 g/mol. The highest BCUT2D eigenvalue weighted by Gasteiger charge is 2.31. The summed E-state index contributed by atoms with van der Waals surface area (Å²) in [6, 6.07) is -0.233. The van der Waals surface area contributed by atoms with Gasteiger partial charge in [-0.1, -0.05) is 0 Å². The zero-order valence-electron chi connectivity index (χ0n) is 12.3. The van der Waals surface area contributed by atoms with Gasteiger partial charge in [0.15, 0.2) is 5.82 Å². The van der Waals surface area contributed by atoms with E-state index in [1.807, 2.05) is 9.55 Å². The maximum absolute atomic E-state index is 12.6. The Balaban J connectivity index is 1.65. The van der Waals surface area contributed by atoms with Crippen LogP contribution >= 0.6 is 0 Å². The number of carbonyl (C=O) groups is 1. The van der Waals surface area contributed by atoms with Crippen LogP contribution in [0.5, 0.6) is 0 Å². The fourth-order valence-corrected chi connectivity index (χ4v) is 2.41. The summed E-state index contributed by atoms with van der Waals surface area (Å²) in [5.41, 5.74) is -2.39. The predicted octanol–water partition coefficient (Wildman–Crippen LogP) is 1.25. The number of alkyl halides is 3. The van der Waals surface area contributed by atoms with E-state index in [1.54, 1.807) is 0 Å². The molecule has 0 atom stereocenters. The molecule has 128 valence electrons. The van der Waals surface area contributed by atoms with Crippen LogP contribution in [0, 0.1) is 0 Å². The number of hydrogen-bond acceptors (Lipinski definition) is 4. The fourth-order valence-electron chi connectivity index (χ4n) is 2.41. The van der Waals surface area contributed by atoms with Crippen molar-refractivity contribution in [1.29, 1.82) is 0 Å². The number of H-pyrrole nitrogens is 1. The first-order valence-electron chi connectivity index (χ1n) is 7.10. The first kappa shape index (κ1) is 16.0. The van der Waals surface area contributed by atoms with Crippen LogP contribution in [0.3, 0.4) is 0 Å². The molecule has 1 aliphatic heterocycles. The number of fused-ring (bicyclic) bond motifs is 1. The number of amides is 2. The number of pyridine rings is 1. The van der Waals surface area contributed by atoms with Gasteiger partial charge in [0.2, 0.25) is 0 Å². The Labute approximate surface area is 133 Å². The molecule has 8 nitrogen and oxygen atoms in total. The Bertz CT molecular complexity index is 826. The molecule has 2 aromatic rings. The maximum atomic E-state index is 12.6. The number of carbonyl (C=O) groups excluding carboxylic acids is 1. The lowest BCUT2D eigenvalue weighted by molar-refractivity contribution is -0.137. The minimum absolute atomic E-state index is 0.0513. The van der Waals surface area contributed by atoms with Crippen LogP contribution in [0.2, 0.25) is 0 Å². The molecule has 2 aromatic heterocycles. The van der Waals surface area contributed by atoms with Crippen LogP contribution < -0.4 is 16.2 Å². The molecule has 3 N–H and O–H groups in total. The molecule has 1 aliphatic rings. The van der Waals surface area contributed by atoms with E-state index in [1.165, 1.54) is 0 Å². The van der Waals surface area contributed by atoms with Crippen molar-refractivity contribution in [1.82, 2.24) is 25.1 Å². The Morgan fingerprint density at radius 1 is 1.38 bits per heavy atom. The minimum atomic E-state index is -4.63. The third kappa shape index (κ3) is 3.24. The van der Waals surface area contributed by atoms with Crippen molar-refractivity contribution < 1.29 is 18.0 Å². The van der Waals surface area contributed by atoms with Gasteiger partial charge < -0.3 is 20.2 Å². The lowest BCUT2D eigenvalue weighted by Crippen LogP contribution is -2.32. The SMILES string of the molecule is O=C(NCc1nnc2n1CCC2)Nc1cc(C(F)(F)F)c[nH]c1=O. The van der Waals surface area contributed by atoms with Crippen LogP contribution in [-0.4, -0.2) is 25.8 Å². The van der Waals surface area contributed by atoms with E-state index in [9.17, 15) is 22.8 Å². The molecular formula is C13H13F3N6O2. The van der Waals surface area contributed by atoms with Crippen molar-refractivity contribution in [3.05, 3.63) is 39.8 Å². The first-order chi connectivity index (χ1) is 11.3. The molecule has 0 saturated carbocycles. The van der Waals surface area contributed by atoms with Crippen LogP contribution in [0.25, 0.3) is 0 Å². The van der Waals surface area contributed by atoms with Gasteiger partial charge in [0.1, 0.15) is 11.5 Å². The van der Waals surface area contributed by atoms with Gasteiger partial charge in [0.25, 0.3) is 5.56 Å². The monoisotopic (exact) mass is 342 g/mol. The van der Waals surface area contributed by atoms with E-state index >= 15 is 0 Å².